The van der Waals surface area contributed by atoms with E-state index in [2.05, 4.69) is 0 Å². The molecule has 260 valence electrons. The number of hydrogen-bond acceptors (Lipinski definition) is 16. The number of hydrogen-bond donors (Lipinski definition) is 2. The summed E-state index contributed by atoms with van der Waals surface area (Å²) in [5, 5.41) is 19.8. The van der Waals surface area contributed by atoms with Gasteiger partial charge in [0.15, 0.2) is 0 Å². The zero-order chi connectivity index (χ0) is 33.0. The van der Waals surface area contributed by atoms with Gasteiger partial charge in [-0.05, 0) is 0 Å². The summed E-state index contributed by atoms with van der Waals surface area (Å²) in [4.78, 5) is 51.5. The molecule has 0 spiro atoms. The van der Waals surface area contributed by atoms with Gasteiger partial charge in [-0.3, -0.25) is 0 Å². The summed E-state index contributed by atoms with van der Waals surface area (Å²) in [5.74, 6) is 0.672. The Kier molecular flexibility index (Phi) is 10.2. The Labute approximate surface area is 284 Å². The normalized spacial score (nSPS) is 36.7. The van der Waals surface area contributed by atoms with E-state index in [4.69, 9.17) is 47.4 Å². The van der Waals surface area contributed by atoms with Crippen LogP contribution in [0.5, 0.6) is 0 Å². The number of aliphatic hydroxyl groups excluding tert-OH is 2. The summed E-state index contributed by atoms with van der Waals surface area (Å²) in [6.07, 6.45) is -6.87. The predicted molar refractivity (Wildman–Crippen MR) is 138 cm³/mol. The van der Waals surface area contributed by atoms with E-state index in [1.165, 1.54) is 0 Å². The fraction of sp³-hybridized carbons (Fsp3) is 0.786. The van der Waals surface area contributed by atoms with Crippen molar-refractivity contribution in [1.82, 2.24) is 0 Å². The first-order valence-electron chi connectivity index (χ1n) is 14.7. The molecule has 0 bridgehead atoms. The molecule has 6 rings (SSSR count). The second-order valence-electron chi connectivity index (χ2n) is 12.4. The van der Waals surface area contributed by atoms with Crippen LogP contribution in [0.1, 0.15) is 27.7 Å². The van der Waals surface area contributed by atoms with E-state index in [1.54, 1.807) is 27.7 Å². The van der Waals surface area contributed by atoms with Gasteiger partial charge in [0.05, 0.1) is 0 Å². The predicted octanol–water partition coefficient (Wildman–Crippen LogP) is -6.86. The third-order valence-corrected chi connectivity index (χ3v) is 13.2. The number of aliphatic hydroxyl groups is 2. The van der Waals surface area contributed by atoms with E-state index in [0.717, 1.165) is 0 Å². The van der Waals surface area contributed by atoms with Crippen molar-refractivity contribution in [2.24, 2.45) is 0 Å². The monoisotopic (exact) mass is 882 g/mol. The van der Waals surface area contributed by atoms with Crippen molar-refractivity contribution in [3.8, 4) is 0 Å². The number of carbonyl (C=O) groups is 4. The molecule has 0 amide bonds. The average molecular weight is 882 g/mol. The molecule has 0 aromatic carbocycles. The molecule has 10 atom stereocenters. The zero-order valence-electron chi connectivity index (χ0n) is 25.4. The van der Waals surface area contributed by atoms with Crippen molar-refractivity contribution >= 4 is 15.5 Å². The molecule has 6 aliphatic rings. The summed E-state index contributed by atoms with van der Waals surface area (Å²) in [5.41, 5.74) is -2.68. The first kappa shape index (κ1) is 34.6. The van der Waals surface area contributed by atoms with E-state index in [0.29, 0.717) is 11.5 Å². The number of halogens is 2. The van der Waals surface area contributed by atoms with Gasteiger partial charge in [-0.1, -0.05) is 0 Å². The van der Waals surface area contributed by atoms with E-state index in [1.807, 2.05) is 0 Å². The topological polar surface area (TPSA) is 201 Å². The van der Waals surface area contributed by atoms with Crippen molar-refractivity contribution in [3.05, 3.63) is 11.5 Å². The minimum atomic E-state index is -1.76. The zero-order valence-corrected chi connectivity index (χ0v) is 29.7. The Morgan fingerprint density at radius 3 is 1.74 bits per heavy atom. The molecule has 46 heavy (non-hydrogen) atoms. The number of carbonyl (C=O) groups excluding carboxylic acids is 4. The maximum absolute atomic E-state index is 13.1. The van der Waals surface area contributed by atoms with Gasteiger partial charge in [0, 0.05) is 0 Å². The van der Waals surface area contributed by atoms with E-state index in [9.17, 15) is 29.4 Å². The average Bonchev–Trinajstić information content (AvgIpc) is 3.81. The van der Waals surface area contributed by atoms with Crippen LogP contribution in [0.4, 0.5) is 9.59 Å². The first-order chi connectivity index (χ1) is 21.7. The summed E-state index contributed by atoms with van der Waals surface area (Å²) in [7, 11) is 0. The van der Waals surface area contributed by atoms with Crippen molar-refractivity contribution in [2.45, 2.75) is 99.9 Å². The number of fused-ring (bicyclic) bond motifs is 2. The van der Waals surface area contributed by atoms with Crippen LogP contribution in [0.3, 0.4) is 0 Å². The van der Waals surface area contributed by atoms with Gasteiger partial charge in [-0.25, -0.2) is 0 Å². The number of ether oxygens (including phenoxy) is 10. The van der Waals surface area contributed by atoms with E-state index >= 15 is 0 Å². The third-order valence-electron chi connectivity index (χ3n) is 8.21. The van der Waals surface area contributed by atoms with Gasteiger partial charge in [0.2, 0.25) is 0 Å². The molecule has 4 fully saturated rings. The Hall–Kier alpha value is -1.24. The van der Waals surface area contributed by atoms with Crippen molar-refractivity contribution in [2.75, 3.05) is 39.6 Å². The summed E-state index contributed by atoms with van der Waals surface area (Å²) in [6, 6.07) is 0. The molecule has 0 saturated carbocycles. The molecule has 0 aliphatic carbocycles. The summed E-state index contributed by atoms with van der Waals surface area (Å²) in [6.45, 7) is 6.65. The van der Waals surface area contributed by atoms with Gasteiger partial charge in [0.1, 0.15) is 0 Å². The first-order valence-corrected chi connectivity index (χ1v) is 19.0. The Balaban J connectivity index is 0.950. The van der Waals surface area contributed by atoms with Crippen LogP contribution in [0, 0.1) is 0 Å². The van der Waals surface area contributed by atoms with E-state index < -0.39 is 130 Å². The Morgan fingerprint density at radius 2 is 1.11 bits per heavy atom. The fourth-order valence-corrected chi connectivity index (χ4v) is 9.14. The maximum atomic E-state index is 13.1. The van der Waals surface area contributed by atoms with Gasteiger partial charge >= 0.3 is 286 Å². The summed E-state index contributed by atoms with van der Waals surface area (Å²) < 4.78 is 54.4. The van der Waals surface area contributed by atoms with Crippen molar-refractivity contribution in [3.63, 3.8) is 0 Å². The molecule has 18 heteroatoms. The van der Waals surface area contributed by atoms with Crippen molar-refractivity contribution < 1.29 is 119 Å². The molecule has 16 nitrogen and oxygen atoms in total. The molecular weight excluding hydrogens is 846 g/mol. The van der Waals surface area contributed by atoms with Crippen LogP contribution in [-0.2, 0) is 57.0 Å². The van der Waals surface area contributed by atoms with Gasteiger partial charge in [0.25, 0.3) is 0 Å². The molecule has 0 aromatic heterocycles. The molecule has 0 radical (unpaired) electrons. The SMILES string of the molecule is CC(C)(OC1COC2=C1OCC2O)C(=O)[I-]C(=O)OC1COC2C(OC(C)(C)C(=O)[I-]C(=O)OC3COC4C(O)COC34)COC12. The Morgan fingerprint density at radius 1 is 0.630 bits per heavy atom. The molecule has 10 unspecified atom stereocenters. The van der Waals surface area contributed by atoms with Gasteiger partial charge < -0.3 is 0 Å². The second kappa shape index (κ2) is 13.6. The van der Waals surface area contributed by atoms with Crippen LogP contribution in [0.15, 0.2) is 11.5 Å². The molecule has 0 aromatic rings. The van der Waals surface area contributed by atoms with E-state index in [-0.39, 0.29) is 39.6 Å². The number of rotatable bonds is 12. The van der Waals surface area contributed by atoms with Crippen LogP contribution in [-0.4, -0.2) is 138 Å². The van der Waals surface area contributed by atoms with Crippen LogP contribution in [0.25, 0.3) is 0 Å². The van der Waals surface area contributed by atoms with Crippen LogP contribution >= 0.6 is 0 Å². The van der Waals surface area contributed by atoms with Crippen LogP contribution in [0.2, 0.25) is 0 Å². The minimum absolute atomic E-state index is 0.0186. The second-order valence-corrected chi connectivity index (χ2v) is 17.2. The Bertz CT molecular complexity index is 1270. The standard InChI is InChI=1S/C28H36I2O16/c1-27(2,45-15-9-40-18-12(32)6-38-21(15)18)23(33)30-26(36)44-14-8-41-22-16(10-42-20(14)22)46-28(3,4)24(34)29-25(35)43-13-7-39-17-11(31)5-37-19(13)17/h11-17,19-20,22,31-32H,5-10H2,1-4H3/q-2. The summed E-state index contributed by atoms with van der Waals surface area (Å²) >= 11 is -3.50. The molecule has 6 heterocycles. The van der Waals surface area contributed by atoms with Gasteiger partial charge in [-0.2, -0.15) is 0 Å². The molecule has 6 aliphatic heterocycles. The van der Waals surface area contributed by atoms with Gasteiger partial charge in [-0.15, -0.1) is 0 Å². The molecule has 4 saturated heterocycles. The fourth-order valence-electron chi connectivity index (χ4n) is 5.88. The van der Waals surface area contributed by atoms with Crippen LogP contribution < -0.4 is 42.4 Å². The molecule has 2 N–H and O–H groups in total. The van der Waals surface area contributed by atoms with Crippen molar-refractivity contribution in [1.29, 1.82) is 0 Å². The quantitative estimate of drug-likeness (QED) is 0.138. The third kappa shape index (κ3) is 7.06. The molecular formula is C28H36I2O16-2.